The predicted molar refractivity (Wildman–Crippen MR) is 219 cm³/mol. The third kappa shape index (κ3) is 7.95. The highest BCUT2D eigenvalue weighted by atomic mass is 16.3. The standard InChI is InChI=1S/C47H48N2O6/c50-27-11-25-48(26-12-28-51)34-21-24-39(44(53)29-34)46-45(54)31-40(47(46)55)38-23-22-35(30-43(38)52)49(41-19-9-7-17-36(41)32-13-3-1-4-14-32)42-20-10-8-18-37(42)33-15-5-2-6-16-33/h1-10,13-24,29-30,40,45-47,50-55H,11-12,25-28,31H2/t40-,45+,46+,47?/m0/s1. The summed E-state index contributed by atoms with van der Waals surface area (Å²) in [6, 6.07) is 47.5. The van der Waals surface area contributed by atoms with E-state index in [0.717, 1.165) is 45.0 Å². The Bertz CT molecular complexity index is 2090. The number of phenols is 2. The fraction of sp³-hybridized carbons (Fsp3) is 0.234. The summed E-state index contributed by atoms with van der Waals surface area (Å²) >= 11 is 0. The first kappa shape index (κ1) is 37.7. The number of rotatable bonds is 14. The van der Waals surface area contributed by atoms with E-state index in [1.54, 1.807) is 18.2 Å². The van der Waals surface area contributed by atoms with E-state index in [0.29, 0.717) is 37.1 Å². The first-order valence-electron chi connectivity index (χ1n) is 19.0. The maximum Gasteiger partial charge on any atom is 0.121 e. The molecule has 4 atom stereocenters. The van der Waals surface area contributed by atoms with Gasteiger partial charge in [0, 0.05) is 78.3 Å². The van der Waals surface area contributed by atoms with Gasteiger partial charge in [-0.25, -0.2) is 0 Å². The molecule has 7 rings (SSSR count). The van der Waals surface area contributed by atoms with Crippen LogP contribution in [0, 0.1) is 0 Å². The van der Waals surface area contributed by atoms with Crippen molar-refractivity contribution in [1.82, 2.24) is 0 Å². The second-order valence-electron chi connectivity index (χ2n) is 14.2. The second kappa shape index (κ2) is 17.2. The van der Waals surface area contributed by atoms with Crippen molar-refractivity contribution in [2.24, 2.45) is 0 Å². The number of nitrogens with zero attached hydrogens (tertiary/aromatic N) is 2. The molecule has 0 radical (unpaired) electrons. The lowest BCUT2D eigenvalue weighted by molar-refractivity contribution is 0.102. The number of aliphatic hydroxyl groups excluding tert-OH is 4. The van der Waals surface area contributed by atoms with Crippen molar-refractivity contribution in [3.8, 4) is 33.8 Å². The Hall–Kier alpha value is -5.64. The number of phenolic OH excluding ortho intramolecular Hbond substituents is 2. The molecule has 1 aliphatic rings. The molecule has 6 aromatic rings. The van der Waals surface area contributed by atoms with Crippen molar-refractivity contribution < 1.29 is 30.6 Å². The summed E-state index contributed by atoms with van der Waals surface area (Å²) < 4.78 is 0. The van der Waals surface area contributed by atoms with Crippen molar-refractivity contribution in [3.05, 3.63) is 157 Å². The van der Waals surface area contributed by atoms with Crippen LogP contribution < -0.4 is 9.80 Å². The maximum absolute atomic E-state index is 11.8. The molecule has 0 saturated heterocycles. The zero-order valence-corrected chi connectivity index (χ0v) is 30.7. The van der Waals surface area contributed by atoms with Crippen molar-refractivity contribution in [2.75, 3.05) is 36.1 Å². The molecule has 55 heavy (non-hydrogen) atoms. The van der Waals surface area contributed by atoms with E-state index >= 15 is 0 Å². The number of benzene rings is 6. The minimum absolute atomic E-state index is 0.00300. The number of aromatic hydroxyl groups is 2. The second-order valence-corrected chi connectivity index (χ2v) is 14.2. The first-order valence-corrected chi connectivity index (χ1v) is 19.0. The van der Waals surface area contributed by atoms with E-state index in [-0.39, 0.29) is 31.1 Å². The predicted octanol–water partition coefficient (Wildman–Crippen LogP) is 8.47. The molecule has 0 heterocycles. The van der Waals surface area contributed by atoms with Gasteiger partial charge in [0.2, 0.25) is 0 Å². The lowest BCUT2D eigenvalue weighted by Crippen LogP contribution is -2.27. The zero-order valence-electron chi connectivity index (χ0n) is 30.7. The minimum Gasteiger partial charge on any atom is -0.508 e. The van der Waals surface area contributed by atoms with Crippen LogP contribution in [0.3, 0.4) is 0 Å². The van der Waals surface area contributed by atoms with Crippen LogP contribution in [0.1, 0.15) is 42.2 Å². The van der Waals surface area contributed by atoms with Gasteiger partial charge in [0.05, 0.1) is 23.6 Å². The highest BCUT2D eigenvalue weighted by Crippen LogP contribution is 2.51. The third-order valence-corrected chi connectivity index (χ3v) is 10.7. The number of para-hydroxylation sites is 2. The molecule has 0 amide bonds. The van der Waals surface area contributed by atoms with Crippen LogP contribution in [0.2, 0.25) is 0 Å². The molecule has 282 valence electrons. The van der Waals surface area contributed by atoms with Crippen LogP contribution in [-0.2, 0) is 0 Å². The smallest absolute Gasteiger partial charge is 0.121 e. The summed E-state index contributed by atoms with van der Waals surface area (Å²) in [5.74, 6) is -1.44. The molecule has 1 aliphatic carbocycles. The number of aliphatic hydroxyl groups is 4. The van der Waals surface area contributed by atoms with Gasteiger partial charge in [0.25, 0.3) is 0 Å². The van der Waals surface area contributed by atoms with Gasteiger partial charge in [-0.15, -0.1) is 0 Å². The van der Waals surface area contributed by atoms with Crippen LogP contribution in [0.15, 0.2) is 146 Å². The summed E-state index contributed by atoms with van der Waals surface area (Å²) in [5, 5.41) is 64.9. The quantitative estimate of drug-likeness (QED) is 0.0658. The van der Waals surface area contributed by atoms with Gasteiger partial charge in [-0.2, -0.15) is 0 Å². The summed E-state index contributed by atoms with van der Waals surface area (Å²) in [7, 11) is 0. The largest absolute Gasteiger partial charge is 0.508 e. The van der Waals surface area contributed by atoms with Gasteiger partial charge in [0.15, 0.2) is 0 Å². The van der Waals surface area contributed by atoms with Crippen LogP contribution in [0.4, 0.5) is 22.7 Å². The monoisotopic (exact) mass is 736 g/mol. The highest BCUT2D eigenvalue weighted by Gasteiger charge is 2.45. The normalized spacial score (nSPS) is 18.0. The first-order chi connectivity index (χ1) is 26.9. The topological polar surface area (TPSA) is 128 Å². The van der Waals surface area contributed by atoms with Crippen molar-refractivity contribution in [1.29, 1.82) is 0 Å². The molecular weight excluding hydrogens is 689 g/mol. The molecule has 8 nitrogen and oxygen atoms in total. The van der Waals surface area contributed by atoms with E-state index in [2.05, 4.69) is 53.4 Å². The van der Waals surface area contributed by atoms with Gasteiger partial charge >= 0.3 is 0 Å². The fourth-order valence-corrected chi connectivity index (χ4v) is 8.08. The summed E-state index contributed by atoms with van der Waals surface area (Å²) in [5.41, 5.74) is 8.36. The molecule has 8 heteroatoms. The molecule has 6 aromatic carbocycles. The van der Waals surface area contributed by atoms with E-state index in [1.165, 1.54) is 0 Å². The molecule has 1 fully saturated rings. The molecule has 0 spiro atoms. The average Bonchev–Trinajstić information content (AvgIpc) is 3.51. The van der Waals surface area contributed by atoms with Gasteiger partial charge in [-0.3, -0.25) is 0 Å². The van der Waals surface area contributed by atoms with Gasteiger partial charge in [0.1, 0.15) is 11.5 Å². The highest BCUT2D eigenvalue weighted by molar-refractivity contribution is 5.93. The fourth-order valence-electron chi connectivity index (χ4n) is 8.08. The van der Waals surface area contributed by atoms with E-state index in [9.17, 15) is 30.6 Å². The summed E-state index contributed by atoms with van der Waals surface area (Å²) in [6.45, 7) is 1.15. The van der Waals surface area contributed by atoms with Crippen LogP contribution in [-0.4, -0.2) is 69.2 Å². The maximum atomic E-state index is 11.8. The average molecular weight is 737 g/mol. The SMILES string of the molecule is OCCCN(CCCO)c1ccc([C@H]2C(O)[C@H](c3ccc(N(c4ccccc4-c4ccccc4)c4ccccc4-c4ccccc4)cc3O)C[C@H]2O)c(O)c1. The molecule has 6 N–H and O–H groups in total. The number of anilines is 4. The Morgan fingerprint density at radius 2 is 1.00 bits per heavy atom. The Kier molecular flexibility index (Phi) is 11.8. The lowest BCUT2D eigenvalue weighted by Gasteiger charge is -2.30. The van der Waals surface area contributed by atoms with Crippen molar-refractivity contribution in [3.63, 3.8) is 0 Å². The van der Waals surface area contributed by atoms with Gasteiger partial charge < -0.3 is 40.4 Å². The molecular formula is C47H48N2O6. The van der Waals surface area contributed by atoms with E-state index in [1.807, 2.05) is 83.8 Å². The minimum atomic E-state index is -1.09. The Morgan fingerprint density at radius 1 is 0.527 bits per heavy atom. The molecule has 0 aliphatic heterocycles. The van der Waals surface area contributed by atoms with Crippen molar-refractivity contribution >= 4 is 22.7 Å². The number of hydrogen-bond acceptors (Lipinski definition) is 8. The Morgan fingerprint density at radius 3 is 1.53 bits per heavy atom. The van der Waals surface area contributed by atoms with Gasteiger partial charge in [-0.05, 0) is 60.2 Å². The van der Waals surface area contributed by atoms with Gasteiger partial charge in [-0.1, -0.05) is 109 Å². The van der Waals surface area contributed by atoms with Crippen LogP contribution in [0.25, 0.3) is 22.3 Å². The van der Waals surface area contributed by atoms with E-state index < -0.39 is 24.0 Å². The zero-order chi connectivity index (χ0) is 38.3. The molecule has 1 unspecified atom stereocenters. The third-order valence-electron chi connectivity index (χ3n) is 10.7. The summed E-state index contributed by atoms with van der Waals surface area (Å²) in [6.07, 6.45) is -0.792. The van der Waals surface area contributed by atoms with Crippen LogP contribution in [0.5, 0.6) is 11.5 Å². The van der Waals surface area contributed by atoms with Crippen molar-refractivity contribution in [2.45, 2.75) is 43.3 Å². The Balaban J connectivity index is 1.25. The lowest BCUT2D eigenvalue weighted by atomic mass is 9.88. The molecule has 0 aromatic heterocycles. The Labute approximate surface area is 322 Å². The summed E-state index contributed by atoms with van der Waals surface area (Å²) in [4.78, 5) is 4.14. The molecule has 1 saturated carbocycles. The molecule has 0 bridgehead atoms. The number of hydrogen-bond donors (Lipinski definition) is 6. The van der Waals surface area contributed by atoms with E-state index in [4.69, 9.17) is 0 Å². The van der Waals surface area contributed by atoms with Crippen LogP contribution >= 0.6 is 0 Å².